The molecule has 80 valence electrons. The average Bonchev–Trinajstić information content (AvgIpc) is 2.05. The maximum Gasteiger partial charge on any atom is 1.00 e. The Morgan fingerprint density at radius 1 is 1.07 bits per heavy atom. The van der Waals surface area contributed by atoms with Crippen molar-refractivity contribution in [3.63, 3.8) is 0 Å². The Morgan fingerprint density at radius 2 is 1.43 bits per heavy atom. The second kappa shape index (κ2) is 10.6. The molecule has 0 N–H and O–H groups in total. The van der Waals surface area contributed by atoms with Crippen LogP contribution in [0.1, 0.15) is 39.5 Å². The minimum atomic E-state index is -4.00. The monoisotopic (exact) mass is 232 g/mol. The molecule has 0 amide bonds. The zero-order chi connectivity index (χ0) is 10.2. The van der Waals surface area contributed by atoms with Gasteiger partial charge in [-0.15, -0.1) is 0 Å². The number of phosphoric ester groups is 1. The third kappa shape index (κ3) is 11.2. The summed E-state index contributed by atoms with van der Waals surface area (Å²) in [4.78, 5) is 11.0. The minimum absolute atomic E-state index is 0. The van der Waals surface area contributed by atoms with Gasteiger partial charge < -0.3 is 13.9 Å². The van der Waals surface area contributed by atoms with E-state index in [1.807, 2.05) is 13.8 Å². The van der Waals surface area contributed by atoms with Crippen LogP contribution >= 0.6 is 7.82 Å². The summed E-state index contributed by atoms with van der Waals surface area (Å²) < 4.78 is 20.2. The average molecular weight is 232 g/mol. The van der Waals surface area contributed by atoms with Crippen molar-refractivity contribution in [1.29, 1.82) is 0 Å². The molecule has 0 spiro atoms. The molecule has 0 bridgehead atoms. The fraction of sp³-hybridized carbons (Fsp3) is 1.00. The van der Waals surface area contributed by atoms with Gasteiger partial charge in [0.2, 0.25) is 0 Å². The smallest absolute Gasteiger partial charge is 0.756 e. The van der Waals surface area contributed by atoms with E-state index in [2.05, 4.69) is 9.05 Å². The van der Waals surface area contributed by atoms with Gasteiger partial charge in [0.15, 0.2) is 0 Å². The largest absolute Gasteiger partial charge is 1.00 e. The van der Waals surface area contributed by atoms with Gasteiger partial charge in [-0.05, 0) is 12.8 Å². The molecule has 0 saturated heterocycles. The van der Waals surface area contributed by atoms with Crippen LogP contribution in [0, 0.1) is 0 Å². The Hall–Kier alpha value is 1.11. The molecule has 0 aliphatic carbocycles. The van der Waals surface area contributed by atoms with Crippen LogP contribution in [0.3, 0.4) is 0 Å². The summed E-state index contributed by atoms with van der Waals surface area (Å²) in [5, 5.41) is 0. The zero-order valence-electron chi connectivity index (χ0n) is 9.32. The molecule has 6 heteroatoms. The Kier molecular flexibility index (Phi) is 13.3. The molecule has 0 unspecified atom stereocenters. The van der Waals surface area contributed by atoms with Crippen molar-refractivity contribution >= 4 is 7.82 Å². The van der Waals surface area contributed by atoms with Crippen molar-refractivity contribution in [3.05, 3.63) is 0 Å². The van der Waals surface area contributed by atoms with Gasteiger partial charge in [-0.3, -0.25) is 4.57 Å². The second-order valence-electron chi connectivity index (χ2n) is 2.82. The van der Waals surface area contributed by atoms with Gasteiger partial charge in [-0.2, -0.15) is 0 Å². The standard InChI is InChI=1S/C8H19O4P.Na/c1-3-5-7-11-13(9,10)12-8-6-4-2;/h3-8H2,1-2H3,(H,9,10);/q;+1/p-1. The first-order valence-electron chi connectivity index (χ1n) is 4.72. The van der Waals surface area contributed by atoms with Crippen molar-refractivity contribution in [1.82, 2.24) is 0 Å². The van der Waals surface area contributed by atoms with Crippen molar-refractivity contribution < 1.29 is 48.1 Å². The molecule has 0 aliphatic rings. The summed E-state index contributed by atoms with van der Waals surface area (Å²) in [5.74, 6) is 0. The van der Waals surface area contributed by atoms with Crippen LogP contribution < -0.4 is 34.5 Å². The van der Waals surface area contributed by atoms with Crippen molar-refractivity contribution in [3.8, 4) is 0 Å². The Balaban J connectivity index is 0. The van der Waals surface area contributed by atoms with Gasteiger partial charge in [-0.1, -0.05) is 26.7 Å². The summed E-state index contributed by atoms with van der Waals surface area (Å²) in [6, 6.07) is 0. The van der Waals surface area contributed by atoms with Gasteiger partial charge in [0.05, 0.1) is 13.2 Å². The molecule has 0 saturated carbocycles. The molecule has 0 fully saturated rings. The van der Waals surface area contributed by atoms with E-state index in [4.69, 9.17) is 0 Å². The van der Waals surface area contributed by atoms with Crippen LogP contribution in [0.25, 0.3) is 0 Å². The van der Waals surface area contributed by atoms with E-state index in [-0.39, 0.29) is 42.8 Å². The molecule has 0 aromatic heterocycles. The Labute approximate surface area is 108 Å². The van der Waals surface area contributed by atoms with Crippen LogP contribution in [0.15, 0.2) is 0 Å². The van der Waals surface area contributed by atoms with E-state index < -0.39 is 7.82 Å². The first-order chi connectivity index (χ1) is 6.12. The van der Waals surface area contributed by atoms with Gasteiger partial charge in [0, 0.05) is 0 Å². The van der Waals surface area contributed by atoms with Crippen molar-refractivity contribution in [2.45, 2.75) is 39.5 Å². The number of hydrogen-bond donors (Lipinski definition) is 0. The zero-order valence-corrected chi connectivity index (χ0v) is 12.2. The number of phosphoric acid groups is 1. The minimum Gasteiger partial charge on any atom is -0.756 e. The third-order valence-electron chi connectivity index (χ3n) is 1.49. The third-order valence-corrected chi connectivity index (χ3v) is 2.49. The maximum atomic E-state index is 11.0. The topological polar surface area (TPSA) is 58.6 Å². The normalized spacial score (nSPS) is 11.1. The molecule has 0 aliphatic heterocycles. The molecule has 0 heterocycles. The molecule has 14 heavy (non-hydrogen) atoms. The maximum absolute atomic E-state index is 11.0. The fourth-order valence-electron chi connectivity index (χ4n) is 0.679. The molecule has 0 atom stereocenters. The summed E-state index contributed by atoms with van der Waals surface area (Å²) in [6.07, 6.45) is 3.30. The second-order valence-corrected chi connectivity index (χ2v) is 4.23. The predicted octanol–water partition coefficient (Wildman–Crippen LogP) is -0.908. The molecule has 0 radical (unpaired) electrons. The SMILES string of the molecule is CCCCOP(=O)([O-])OCCCC.[Na+]. The molecule has 0 aromatic carbocycles. The Bertz CT molecular complexity index is 151. The number of hydrogen-bond acceptors (Lipinski definition) is 4. The number of rotatable bonds is 8. The summed E-state index contributed by atoms with van der Waals surface area (Å²) >= 11 is 0. The van der Waals surface area contributed by atoms with Crippen LogP contribution in [-0.4, -0.2) is 13.2 Å². The summed E-state index contributed by atoms with van der Waals surface area (Å²) in [5.41, 5.74) is 0. The van der Waals surface area contributed by atoms with E-state index in [1.165, 1.54) is 0 Å². The first kappa shape index (κ1) is 17.5. The Morgan fingerprint density at radius 3 is 1.71 bits per heavy atom. The predicted molar refractivity (Wildman–Crippen MR) is 49.3 cm³/mol. The van der Waals surface area contributed by atoms with E-state index in [1.54, 1.807) is 0 Å². The van der Waals surface area contributed by atoms with E-state index in [9.17, 15) is 9.46 Å². The van der Waals surface area contributed by atoms with Crippen LogP contribution in [0.5, 0.6) is 0 Å². The van der Waals surface area contributed by atoms with Gasteiger partial charge in [-0.25, -0.2) is 0 Å². The van der Waals surface area contributed by atoms with Crippen LogP contribution in [0.2, 0.25) is 0 Å². The van der Waals surface area contributed by atoms with Crippen molar-refractivity contribution in [2.24, 2.45) is 0 Å². The van der Waals surface area contributed by atoms with E-state index in [0.717, 1.165) is 25.7 Å². The quantitative estimate of drug-likeness (QED) is 0.309. The molecular formula is C8H18NaO4P. The fourth-order valence-corrected chi connectivity index (χ4v) is 1.46. The molecule has 0 aromatic rings. The molecular weight excluding hydrogens is 214 g/mol. The van der Waals surface area contributed by atoms with E-state index >= 15 is 0 Å². The van der Waals surface area contributed by atoms with Gasteiger partial charge in [0.1, 0.15) is 0 Å². The van der Waals surface area contributed by atoms with Gasteiger partial charge in [0.25, 0.3) is 7.82 Å². The van der Waals surface area contributed by atoms with Gasteiger partial charge >= 0.3 is 29.6 Å². The van der Waals surface area contributed by atoms with E-state index in [0.29, 0.717) is 0 Å². The molecule has 0 rings (SSSR count). The first-order valence-corrected chi connectivity index (χ1v) is 6.18. The summed E-state index contributed by atoms with van der Waals surface area (Å²) in [7, 11) is -4.00. The number of unbranched alkanes of at least 4 members (excludes halogenated alkanes) is 2. The van der Waals surface area contributed by atoms with Crippen LogP contribution in [-0.2, 0) is 13.6 Å². The summed E-state index contributed by atoms with van der Waals surface area (Å²) in [6.45, 7) is 4.39. The van der Waals surface area contributed by atoms with Crippen LogP contribution in [0.4, 0.5) is 0 Å². The van der Waals surface area contributed by atoms with Crippen molar-refractivity contribution in [2.75, 3.05) is 13.2 Å². The molecule has 4 nitrogen and oxygen atoms in total.